The molecule has 0 amide bonds. The van der Waals surface area contributed by atoms with Crippen LogP contribution in [0.5, 0.6) is 0 Å². The molecule has 1 heterocycles. The molecule has 5 heteroatoms. The highest BCUT2D eigenvalue weighted by atomic mass is 19.1. The number of rotatable bonds is 5. The highest BCUT2D eigenvalue weighted by molar-refractivity contribution is 5.70. The van der Waals surface area contributed by atoms with Crippen molar-refractivity contribution in [2.45, 2.75) is 26.3 Å². The van der Waals surface area contributed by atoms with Crippen molar-refractivity contribution in [3.8, 4) is 11.3 Å². The van der Waals surface area contributed by atoms with Crippen LogP contribution in [-0.4, -0.2) is 15.6 Å². The van der Waals surface area contributed by atoms with Crippen molar-refractivity contribution in [1.82, 2.24) is 4.57 Å². The highest BCUT2D eigenvalue weighted by Gasteiger charge is 2.12. The number of aliphatic carboxylic acids is 1. The van der Waals surface area contributed by atoms with Crippen molar-refractivity contribution in [1.29, 1.82) is 0 Å². The first kappa shape index (κ1) is 15.0. The quantitative estimate of drug-likeness (QED) is 0.920. The zero-order valence-corrected chi connectivity index (χ0v) is 11.7. The zero-order valence-electron chi connectivity index (χ0n) is 11.7. The molecule has 0 saturated carbocycles. The third kappa shape index (κ3) is 3.37. The standard InChI is InChI=1S/C16H16FNO3/c1-2-9-18-14(11-3-6-13(17)7-4-11)8-5-12(16(18)21)10-15(19)20/h3-8H,2,9-10H2,1H3,(H,19,20). The van der Waals surface area contributed by atoms with Gasteiger partial charge in [-0.25, -0.2) is 4.39 Å². The summed E-state index contributed by atoms with van der Waals surface area (Å²) >= 11 is 0. The molecule has 2 rings (SSSR count). The number of carbonyl (C=O) groups is 1. The molecule has 0 atom stereocenters. The molecule has 0 spiro atoms. The van der Waals surface area contributed by atoms with Crippen LogP contribution in [0.1, 0.15) is 18.9 Å². The summed E-state index contributed by atoms with van der Waals surface area (Å²) in [5, 5.41) is 8.84. The van der Waals surface area contributed by atoms with E-state index in [4.69, 9.17) is 5.11 Å². The maximum atomic E-state index is 13.0. The zero-order chi connectivity index (χ0) is 15.4. The van der Waals surface area contributed by atoms with Crippen molar-refractivity contribution < 1.29 is 14.3 Å². The smallest absolute Gasteiger partial charge is 0.308 e. The van der Waals surface area contributed by atoms with Gasteiger partial charge in [0.2, 0.25) is 0 Å². The van der Waals surface area contributed by atoms with Crippen LogP contribution in [0.3, 0.4) is 0 Å². The van der Waals surface area contributed by atoms with Crippen molar-refractivity contribution in [3.05, 3.63) is 58.1 Å². The van der Waals surface area contributed by atoms with E-state index in [1.165, 1.54) is 18.2 Å². The van der Waals surface area contributed by atoms with E-state index in [1.54, 1.807) is 22.8 Å². The lowest BCUT2D eigenvalue weighted by molar-refractivity contribution is -0.136. The second kappa shape index (κ2) is 6.35. The molecule has 2 aromatic rings. The molecule has 0 saturated heterocycles. The SMILES string of the molecule is CCCn1c(-c2ccc(F)cc2)ccc(CC(=O)O)c1=O. The lowest BCUT2D eigenvalue weighted by atomic mass is 10.1. The van der Waals surface area contributed by atoms with E-state index in [0.29, 0.717) is 12.2 Å². The first-order valence-corrected chi connectivity index (χ1v) is 6.73. The molecule has 21 heavy (non-hydrogen) atoms. The Labute approximate surface area is 121 Å². The predicted octanol–water partition coefficient (Wildman–Crippen LogP) is 2.69. The van der Waals surface area contributed by atoms with Crippen LogP contribution in [-0.2, 0) is 17.8 Å². The molecule has 110 valence electrons. The maximum absolute atomic E-state index is 13.0. The van der Waals surface area contributed by atoms with Gasteiger partial charge in [0.1, 0.15) is 5.82 Å². The second-order valence-electron chi connectivity index (χ2n) is 4.78. The summed E-state index contributed by atoms with van der Waals surface area (Å²) in [6.07, 6.45) is 0.441. The summed E-state index contributed by atoms with van der Waals surface area (Å²) in [5.74, 6) is -1.38. The molecule has 4 nitrogen and oxygen atoms in total. The molecule has 1 aromatic heterocycles. The monoisotopic (exact) mass is 289 g/mol. The van der Waals surface area contributed by atoms with Gasteiger partial charge in [-0.15, -0.1) is 0 Å². The fraction of sp³-hybridized carbons (Fsp3) is 0.250. The molecular formula is C16H16FNO3. The van der Waals surface area contributed by atoms with E-state index in [2.05, 4.69) is 0 Å². The Balaban J connectivity index is 2.55. The normalized spacial score (nSPS) is 10.6. The van der Waals surface area contributed by atoms with Crippen LogP contribution in [0.25, 0.3) is 11.3 Å². The first-order valence-electron chi connectivity index (χ1n) is 6.73. The van der Waals surface area contributed by atoms with Gasteiger partial charge in [0, 0.05) is 12.1 Å². The van der Waals surface area contributed by atoms with Gasteiger partial charge in [-0.1, -0.05) is 13.0 Å². The summed E-state index contributed by atoms with van der Waals surface area (Å²) in [6, 6.07) is 9.12. The van der Waals surface area contributed by atoms with E-state index >= 15 is 0 Å². The number of carboxylic acid groups (broad SMARTS) is 1. The fourth-order valence-corrected chi connectivity index (χ4v) is 2.24. The van der Waals surface area contributed by atoms with Crippen LogP contribution in [0.2, 0.25) is 0 Å². The van der Waals surface area contributed by atoms with Crippen LogP contribution in [0, 0.1) is 5.82 Å². The van der Waals surface area contributed by atoms with Crippen molar-refractivity contribution >= 4 is 5.97 Å². The molecule has 0 fully saturated rings. The van der Waals surface area contributed by atoms with Crippen molar-refractivity contribution in [2.24, 2.45) is 0 Å². The van der Waals surface area contributed by atoms with Crippen molar-refractivity contribution in [3.63, 3.8) is 0 Å². The molecular weight excluding hydrogens is 273 g/mol. The number of hydrogen-bond acceptors (Lipinski definition) is 2. The minimum Gasteiger partial charge on any atom is -0.481 e. The number of aromatic nitrogens is 1. The van der Waals surface area contributed by atoms with Gasteiger partial charge in [-0.05, 0) is 42.3 Å². The summed E-state index contributed by atoms with van der Waals surface area (Å²) < 4.78 is 14.6. The van der Waals surface area contributed by atoms with E-state index < -0.39 is 5.97 Å². The number of pyridine rings is 1. The van der Waals surface area contributed by atoms with E-state index in [9.17, 15) is 14.0 Å². The molecule has 0 bridgehead atoms. The molecule has 0 unspecified atom stereocenters. The van der Waals surface area contributed by atoms with Crippen LogP contribution < -0.4 is 5.56 Å². The Kier molecular flexibility index (Phi) is 4.52. The Morgan fingerprint density at radius 1 is 1.19 bits per heavy atom. The van der Waals surface area contributed by atoms with Crippen molar-refractivity contribution in [2.75, 3.05) is 0 Å². The van der Waals surface area contributed by atoms with Gasteiger partial charge in [-0.3, -0.25) is 9.59 Å². The largest absolute Gasteiger partial charge is 0.481 e. The Morgan fingerprint density at radius 3 is 2.43 bits per heavy atom. The number of hydrogen-bond donors (Lipinski definition) is 1. The summed E-state index contributed by atoms with van der Waals surface area (Å²) in [4.78, 5) is 23.2. The van der Waals surface area contributed by atoms with Crippen LogP contribution in [0.15, 0.2) is 41.2 Å². The minimum atomic E-state index is -1.04. The lowest BCUT2D eigenvalue weighted by Crippen LogP contribution is -2.26. The maximum Gasteiger partial charge on any atom is 0.308 e. The minimum absolute atomic E-state index is 0.252. The van der Waals surface area contributed by atoms with Gasteiger partial charge >= 0.3 is 5.97 Å². The lowest BCUT2D eigenvalue weighted by Gasteiger charge is -2.13. The molecule has 0 aliphatic carbocycles. The fourth-order valence-electron chi connectivity index (χ4n) is 2.24. The second-order valence-corrected chi connectivity index (χ2v) is 4.78. The van der Waals surface area contributed by atoms with Gasteiger partial charge in [0.05, 0.1) is 12.1 Å². The predicted molar refractivity (Wildman–Crippen MR) is 77.7 cm³/mol. The third-order valence-corrected chi connectivity index (χ3v) is 3.18. The first-order chi connectivity index (χ1) is 10.0. The summed E-state index contributed by atoms with van der Waals surface area (Å²) in [6.45, 7) is 2.42. The molecule has 1 aromatic carbocycles. The number of halogens is 1. The van der Waals surface area contributed by atoms with Crippen LogP contribution >= 0.6 is 0 Å². The number of nitrogens with zero attached hydrogens (tertiary/aromatic N) is 1. The summed E-state index contributed by atoms with van der Waals surface area (Å²) in [5.41, 5.74) is 1.34. The van der Waals surface area contributed by atoms with Gasteiger partial charge in [0.15, 0.2) is 0 Å². The Bertz CT molecular complexity index is 704. The Hall–Kier alpha value is -2.43. The molecule has 0 aliphatic rings. The van der Waals surface area contributed by atoms with E-state index in [0.717, 1.165) is 12.0 Å². The average molecular weight is 289 g/mol. The molecule has 0 aliphatic heterocycles. The van der Waals surface area contributed by atoms with Gasteiger partial charge in [-0.2, -0.15) is 0 Å². The van der Waals surface area contributed by atoms with E-state index in [-0.39, 0.29) is 23.4 Å². The number of benzene rings is 1. The topological polar surface area (TPSA) is 59.3 Å². The Morgan fingerprint density at radius 2 is 1.86 bits per heavy atom. The summed E-state index contributed by atoms with van der Waals surface area (Å²) in [7, 11) is 0. The molecule has 0 radical (unpaired) electrons. The van der Waals surface area contributed by atoms with Gasteiger partial charge < -0.3 is 9.67 Å². The average Bonchev–Trinajstić information content (AvgIpc) is 2.44. The third-order valence-electron chi connectivity index (χ3n) is 3.18. The van der Waals surface area contributed by atoms with E-state index in [1.807, 2.05) is 6.92 Å². The highest BCUT2D eigenvalue weighted by Crippen LogP contribution is 2.19. The molecule has 1 N–H and O–H groups in total. The number of carboxylic acids is 1. The van der Waals surface area contributed by atoms with Crippen LogP contribution in [0.4, 0.5) is 4.39 Å². The van der Waals surface area contributed by atoms with Gasteiger partial charge in [0.25, 0.3) is 5.56 Å².